The lowest BCUT2D eigenvalue weighted by atomic mass is 10.0. The van der Waals surface area contributed by atoms with Gasteiger partial charge in [-0.1, -0.05) is 6.07 Å². The van der Waals surface area contributed by atoms with Crippen molar-refractivity contribution < 1.29 is 14.7 Å². The van der Waals surface area contributed by atoms with Crippen molar-refractivity contribution in [1.29, 1.82) is 0 Å². The number of rotatable bonds is 2. The largest absolute Gasteiger partial charge is 0.480 e. The third kappa shape index (κ3) is 1.78. The van der Waals surface area contributed by atoms with Crippen LogP contribution in [0, 0.1) is 0 Å². The minimum Gasteiger partial charge on any atom is -0.480 e. The number of aryl methyl sites for hydroxylation is 1. The van der Waals surface area contributed by atoms with E-state index in [0.29, 0.717) is 18.5 Å². The van der Waals surface area contributed by atoms with E-state index in [9.17, 15) is 9.59 Å². The minimum atomic E-state index is -0.931. The number of nitrogens with zero attached hydrogens (tertiary/aromatic N) is 2. The molecule has 1 aliphatic rings. The summed E-state index contributed by atoms with van der Waals surface area (Å²) in [5.41, 5.74) is 1.51. The van der Waals surface area contributed by atoms with E-state index in [4.69, 9.17) is 5.11 Å². The summed E-state index contributed by atoms with van der Waals surface area (Å²) in [5, 5.41) is 10.1. The second kappa shape index (κ2) is 4.12. The molecule has 0 radical (unpaired) electrons. The fraction of sp³-hybridized carbons (Fsp3) is 0.286. The van der Waals surface area contributed by atoms with Crippen molar-refractivity contribution in [3.8, 4) is 0 Å². The number of amides is 1. The molecule has 0 unspecified atom stereocenters. The first-order valence-electron chi connectivity index (χ1n) is 6.17. The van der Waals surface area contributed by atoms with E-state index in [1.807, 2.05) is 36.0 Å². The number of carbonyl (C=O) groups is 2. The monoisotopic (exact) mass is 258 g/mol. The fourth-order valence-corrected chi connectivity index (χ4v) is 2.45. The molecule has 2 heterocycles. The molecular formula is C14H14N2O3. The van der Waals surface area contributed by atoms with E-state index in [0.717, 1.165) is 10.9 Å². The van der Waals surface area contributed by atoms with Gasteiger partial charge in [-0.3, -0.25) is 4.79 Å². The van der Waals surface area contributed by atoms with Gasteiger partial charge in [0, 0.05) is 30.9 Å². The van der Waals surface area contributed by atoms with Crippen LogP contribution in [0.15, 0.2) is 30.5 Å². The van der Waals surface area contributed by atoms with Gasteiger partial charge in [0.2, 0.25) is 0 Å². The molecule has 19 heavy (non-hydrogen) atoms. The Bertz CT molecular complexity index is 674. The van der Waals surface area contributed by atoms with Crippen LogP contribution in [0.2, 0.25) is 0 Å². The van der Waals surface area contributed by atoms with Crippen LogP contribution in [0.4, 0.5) is 0 Å². The SMILES string of the molecule is Cn1ccc2ccc(C(=O)N3CC[C@H]3C(=O)O)cc21. The summed E-state index contributed by atoms with van der Waals surface area (Å²) in [6.07, 6.45) is 2.47. The van der Waals surface area contributed by atoms with Crippen LogP contribution in [0.25, 0.3) is 10.9 Å². The number of likely N-dealkylation sites (tertiary alicyclic amines) is 1. The minimum absolute atomic E-state index is 0.207. The summed E-state index contributed by atoms with van der Waals surface area (Å²) in [4.78, 5) is 24.6. The first-order chi connectivity index (χ1) is 9.08. The number of fused-ring (bicyclic) bond motifs is 1. The van der Waals surface area contributed by atoms with Crippen LogP contribution >= 0.6 is 0 Å². The van der Waals surface area contributed by atoms with Crippen molar-refractivity contribution in [2.75, 3.05) is 6.54 Å². The first kappa shape index (κ1) is 11.8. The molecule has 0 aliphatic carbocycles. The Morgan fingerprint density at radius 3 is 2.74 bits per heavy atom. The van der Waals surface area contributed by atoms with Gasteiger partial charge in [0.15, 0.2) is 0 Å². The number of benzene rings is 1. The van der Waals surface area contributed by atoms with Crippen molar-refractivity contribution in [2.24, 2.45) is 7.05 Å². The summed E-state index contributed by atoms with van der Waals surface area (Å²) < 4.78 is 1.94. The average Bonchev–Trinajstić information content (AvgIpc) is 2.68. The zero-order valence-electron chi connectivity index (χ0n) is 10.5. The molecule has 1 saturated heterocycles. The number of aliphatic carboxylic acids is 1. The molecule has 0 saturated carbocycles. The number of carboxylic acid groups (broad SMARTS) is 1. The molecule has 1 aliphatic heterocycles. The van der Waals surface area contributed by atoms with E-state index in [2.05, 4.69) is 0 Å². The highest BCUT2D eigenvalue weighted by Gasteiger charge is 2.37. The topological polar surface area (TPSA) is 62.5 Å². The second-order valence-electron chi connectivity index (χ2n) is 4.84. The lowest BCUT2D eigenvalue weighted by molar-refractivity contribution is -0.146. The maximum absolute atomic E-state index is 12.3. The summed E-state index contributed by atoms with van der Waals surface area (Å²) in [7, 11) is 1.92. The molecule has 0 spiro atoms. The predicted molar refractivity (Wildman–Crippen MR) is 70.0 cm³/mol. The molecule has 1 aromatic heterocycles. The Morgan fingerprint density at radius 2 is 2.11 bits per heavy atom. The molecule has 1 amide bonds. The molecular weight excluding hydrogens is 244 g/mol. The number of carboxylic acids is 1. The quantitative estimate of drug-likeness (QED) is 0.887. The fourth-order valence-electron chi connectivity index (χ4n) is 2.45. The molecule has 98 valence electrons. The zero-order chi connectivity index (χ0) is 13.6. The summed E-state index contributed by atoms with van der Waals surface area (Å²) in [5.74, 6) is -1.14. The summed E-state index contributed by atoms with van der Waals surface area (Å²) in [6, 6.07) is 6.76. The lowest BCUT2D eigenvalue weighted by Crippen LogP contribution is -2.55. The Hall–Kier alpha value is -2.30. The molecule has 1 N–H and O–H groups in total. The smallest absolute Gasteiger partial charge is 0.326 e. The molecule has 1 aromatic carbocycles. The van der Waals surface area contributed by atoms with Crippen molar-refractivity contribution in [3.63, 3.8) is 0 Å². The van der Waals surface area contributed by atoms with Crippen molar-refractivity contribution in [2.45, 2.75) is 12.5 Å². The van der Waals surface area contributed by atoms with Crippen LogP contribution in [-0.2, 0) is 11.8 Å². The lowest BCUT2D eigenvalue weighted by Gasteiger charge is -2.37. The van der Waals surface area contributed by atoms with E-state index in [1.54, 1.807) is 6.07 Å². The highest BCUT2D eigenvalue weighted by Crippen LogP contribution is 2.23. The third-order valence-electron chi connectivity index (χ3n) is 3.70. The maximum atomic E-state index is 12.3. The van der Waals surface area contributed by atoms with Gasteiger partial charge in [0.1, 0.15) is 6.04 Å². The number of aromatic nitrogens is 1. The van der Waals surface area contributed by atoms with E-state index in [-0.39, 0.29) is 5.91 Å². The van der Waals surface area contributed by atoms with Crippen LogP contribution < -0.4 is 0 Å². The van der Waals surface area contributed by atoms with Gasteiger partial charge in [0.25, 0.3) is 5.91 Å². The van der Waals surface area contributed by atoms with Gasteiger partial charge in [-0.25, -0.2) is 4.79 Å². The Morgan fingerprint density at radius 1 is 1.32 bits per heavy atom. The second-order valence-corrected chi connectivity index (χ2v) is 4.84. The Kier molecular flexibility index (Phi) is 2.55. The Balaban J connectivity index is 1.93. The van der Waals surface area contributed by atoms with Crippen LogP contribution in [0.1, 0.15) is 16.8 Å². The molecule has 5 nitrogen and oxygen atoms in total. The van der Waals surface area contributed by atoms with Gasteiger partial charge >= 0.3 is 5.97 Å². The number of carbonyl (C=O) groups excluding carboxylic acids is 1. The van der Waals surface area contributed by atoms with Crippen molar-refractivity contribution in [1.82, 2.24) is 9.47 Å². The summed E-state index contributed by atoms with van der Waals surface area (Å²) >= 11 is 0. The normalized spacial score (nSPS) is 18.4. The van der Waals surface area contributed by atoms with Gasteiger partial charge in [0.05, 0.1) is 0 Å². The van der Waals surface area contributed by atoms with E-state index < -0.39 is 12.0 Å². The molecule has 1 atom stereocenters. The predicted octanol–water partition coefficient (Wildman–Crippen LogP) is 1.48. The van der Waals surface area contributed by atoms with E-state index in [1.165, 1.54) is 4.90 Å². The highest BCUT2D eigenvalue weighted by molar-refractivity contribution is 6.00. The molecule has 5 heteroatoms. The number of hydrogen-bond donors (Lipinski definition) is 1. The highest BCUT2D eigenvalue weighted by atomic mass is 16.4. The third-order valence-corrected chi connectivity index (χ3v) is 3.70. The van der Waals surface area contributed by atoms with Crippen LogP contribution in [-0.4, -0.2) is 39.0 Å². The Labute approximate surface area is 110 Å². The first-order valence-corrected chi connectivity index (χ1v) is 6.17. The van der Waals surface area contributed by atoms with E-state index >= 15 is 0 Å². The van der Waals surface area contributed by atoms with Gasteiger partial charge in [-0.05, 0) is 30.0 Å². The van der Waals surface area contributed by atoms with Gasteiger partial charge in [-0.2, -0.15) is 0 Å². The van der Waals surface area contributed by atoms with Crippen molar-refractivity contribution in [3.05, 3.63) is 36.0 Å². The van der Waals surface area contributed by atoms with Gasteiger partial charge in [-0.15, -0.1) is 0 Å². The summed E-state index contributed by atoms with van der Waals surface area (Å²) in [6.45, 7) is 0.515. The van der Waals surface area contributed by atoms with Gasteiger partial charge < -0.3 is 14.6 Å². The molecule has 1 fully saturated rings. The molecule has 0 bridgehead atoms. The standard InChI is InChI=1S/C14H14N2O3/c1-15-6-4-9-2-3-10(8-12(9)15)13(17)16-7-5-11(16)14(18)19/h2-4,6,8,11H,5,7H2,1H3,(H,18,19)/t11-/m0/s1. The molecule has 3 rings (SSSR count). The zero-order valence-corrected chi connectivity index (χ0v) is 10.5. The number of hydrogen-bond acceptors (Lipinski definition) is 2. The molecule has 2 aromatic rings. The van der Waals surface area contributed by atoms with Crippen molar-refractivity contribution >= 4 is 22.8 Å². The maximum Gasteiger partial charge on any atom is 0.326 e. The van der Waals surface area contributed by atoms with Crippen LogP contribution in [0.3, 0.4) is 0 Å². The van der Waals surface area contributed by atoms with Crippen LogP contribution in [0.5, 0.6) is 0 Å². The average molecular weight is 258 g/mol.